The number of thiophene rings is 1. The summed E-state index contributed by atoms with van der Waals surface area (Å²) in [6.07, 6.45) is -4.35. The largest absolute Gasteiger partial charge is 0.425 e. The molecule has 8 heteroatoms. The van der Waals surface area contributed by atoms with Crippen LogP contribution in [0.25, 0.3) is 0 Å². The van der Waals surface area contributed by atoms with Crippen LogP contribution in [0.1, 0.15) is 16.0 Å². The summed E-state index contributed by atoms with van der Waals surface area (Å²) in [5.41, 5.74) is 2.32. The van der Waals surface area contributed by atoms with E-state index in [2.05, 4.69) is 10.6 Å². The van der Waals surface area contributed by atoms with E-state index in [1.165, 1.54) is 16.3 Å². The molecule has 0 bridgehead atoms. The average Bonchev–Trinajstić information content (AvgIpc) is 2.96. The molecule has 0 spiro atoms. The number of amides is 2. The molecule has 2 amide bonds. The Balaban J connectivity index is 2.13. The fraction of sp³-hybridized carbons (Fsp3) is 0.312. The van der Waals surface area contributed by atoms with Crippen molar-refractivity contribution in [2.45, 2.75) is 19.6 Å². The third kappa shape index (κ3) is 4.41. The quantitative estimate of drug-likeness (QED) is 0.827. The second-order valence-corrected chi connectivity index (χ2v) is 6.40. The van der Waals surface area contributed by atoms with Gasteiger partial charge in [0.25, 0.3) is 0 Å². The molecule has 1 aromatic carbocycles. The van der Waals surface area contributed by atoms with Crippen molar-refractivity contribution in [3.8, 4) is 0 Å². The van der Waals surface area contributed by atoms with Crippen LogP contribution in [0.5, 0.6) is 0 Å². The lowest BCUT2D eigenvalue weighted by Gasteiger charge is -2.15. The third-order valence-electron chi connectivity index (χ3n) is 3.37. The molecule has 2 aromatic rings. The minimum atomic E-state index is -4.35. The van der Waals surface area contributed by atoms with Gasteiger partial charge in [-0.25, -0.2) is 4.79 Å². The van der Waals surface area contributed by atoms with Crippen LogP contribution in [-0.2, 0) is 12.7 Å². The van der Waals surface area contributed by atoms with Gasteiger partial charge in [-0.2, -0.15) is 13.2 Å². The van der Waals surface area contributed by atoms with Gasteiger partial charge in [0, 0.05) is 32.0 Å². The van der Waals surface area contributed by atoms with Crippen molar-refractivity contribution >= 4 is 28.7 Å². The van der Waals surface area contributed by atoms with Crippen LogP contribution >= 0.6 is 11.3 Å². The minimum absolute atomic E-state index is 0.0598. The molecule has 1 aromatic heterocycles. The predicted molar refractivity (Wildman–Crippen MR) is 90.5 cm³/mol. The first-order valence-electron chi connectivity index (χ1n) is 7.15. The van der Waals surface area contributed by atoms with Gasteiger partial charge in [-0.3, -0.25) is 0 Å². The van der Waals surface area contributed by atoms with Crippen LogP contribution in [0, 0.1) is 6.92 Å². The Bertz CT molecular complexity index is 726. The maximum atomic E-state index is 12.9. The van der Waals surface area contributed by atoms with Crippen molar-refractivity contribution in [2.75, 3.05) is 24.7 Å². The first-order chi connectivity index (χ1) is 11.2. The standard InChI is InChI=1S/C16H18F3N3OS/c1-10-4-5-12(21-15(23)22(2)3)8-13(10)20-9-11-6-7-24-14(11)16(17,18)19/h4-8,20H,9H2,1-3H3,(H,21,23). The monoisotopic (exact) mass is 357 g/mol. The lowest BCUT2D eigenvalue weighted by molar-refractivity contribution is -0.134. The average molecular weight is 357 g/mol. The van der Waals surface area contributed by atoms with E-state index in [0.29, 0.717) is 22.7 Å². The first-order valence-corrected chi connectivity index (χ1v) is 8.03. The van der Waals surface area contributed by atoms with Crippen LogP contribution in [0.4, 0.5) is 29.3 Å². The smallest absolute Gasteiger partial charge is 0.381 e. The summed E-state index contributed by atoms with van der Waals surface area (Å²) in [5.74, 6) is 0. The molecule has 0 radical (unpaired) electrons. The highest BCUT2D eigenvalue weighted by atomic mass is 32.1. The highest BCUT2D eigenvalue weighted by Gasteiger charge is 2.34. The molecule has 0 fully saturated rings. The number of hydrogen-bond acceptors (Lipinski definition) is 3. The number of urea groups is 1. The second kappa shape index (κ2) is 7.12. The van der Waals surface area contributed by atoms with Gasteiger partial charge in [0.2, 0.25) is 0 Å². The summed E-state index contributed by atoms with van der Waals surface area (Å²) in [5, 5.41) is 7.15. The van der Waals surface area contributed by atoms with Gasteiger partial charge < -0.3 is 15.5 Å². The molecule has 0 saturated heterocycles. The number of nitrogens with one attached hydrogen (secondary N) is 2. The molecule has 0 unspecified atom stereocenters. The SMILES string of the molecule is Cc1ccc(NC(=O)N(C)C)cc1NCc1ccsc1C(F)(F)F. The Morgan fingerprint density at radius 2 is 1.96 bits per heavy atom. The number of carbonyl (C=O) groups is 1. The van der Waals surface area contributed by atoms with Crippen molar-refractivity contribution in [1.82, 2.24) is 4.90 Å². The van der Waals surface area contributed by atoms with Crippen molar-refractivity contribution < 1.29 is 18.0 Å². The molecule has 24 heavy (non-hydrogen) atoms. The Kier molecular flexibility index (Phi) is 5.38. The number of carbonyl (C=O) groups excluding carboxylic acids is 1. The van der Waals surface area contributed by atoms with Gasteiger partial charge in [-0.15, -0.1) is 11.3 Å². The van der Waals surface area contributed by atoms with Crippen LogP contribution in [0.2, 0.25) is 0 Å². The van der Waals surface area contributed by atoms with Gasteiger partial charge in [-0.05, 0) is 41.6 Å². The zero-order valence-corrected chi connectivity index (χ0v) is 14.3. The molecule has 0 atom stereocenters. The molecule has 0 aliphatic carbocycles. The molecular weight excluding hydrogens is 339 g/mol. The summed E-state index contributed by atoms with van der Waals surface area (Å²) < 4.78 is 38.7. The molecule has 0 aliphatic rings. The van der Waals surface area contributed by atoms with Crippen molar-refractivity contribution in [3.05, 3.63) is 45.6 Å². The fourth-order valence-electron chi connectivity index (χ4n) is 2.04. The van der Waals surface area contributed by atoms with Gasteiger partial charge in [0.15, 0.2) is 0 Å². The highest BCUT2D eigenvalue weighted by molar-refractivity contribution is 7.10. The molecule has 130 valence electrons. The van der Waals surface area contributed by atoms with Crippen molar-refractivity contribution in [1.29, 1.82) is 0 Å². The van der Waals surface area contributed by atoms with Crippen LogP contribution < -0.4 is 10.6 Å². The molecule has 4 nitrogen and oxygen atoms in total. The van der Waals surface area contributed by atoms with E-state index in [-0.39, 0.29) is 18.1 Å². The maximum absolute atomic E-state index is 12.9. The third-order valence-corrected chi connectivity index (χ3v) is 4.37. The van der Waals surface area contributed by atoms with Gasteiger partial charge in [0.05, 0.1) is 0 Å². The Morgan fingerprint density at radius 3 is 2.58 bits per heavy atom. The van der Waals surface area contributed by atoms with E-state index in [0.717, 1.165) is 5.56 Å². The summed E-state index contributed by atoms with van der Waals surface area (Å²) in [6.45, 7) is 1.91. The lowest BCUT2D eigenvalue weighted by atomic mass is 10.1. The Hall–Kier alpha value is -2.22. The number of alkyl halides is 3. The normalized spacial score (nSPS) is 11.2. The second-order valence-electron chi connectivity index (χ2n) is 5.48. The molecule has 2 rings (SSSR count). The predicted octanol–water partition coefficient (Wildman–Crippen LogP) is 4.78. The zero-order valence-electron chi connectivity index (χ0n) is 13.5. The lowest BCUT2D eigenvalue weighted by Crippen LogP contribution is -2.27. The van der Waals surface area contributed by atoms with Crippen LogP contribution in [-0.4, -0.2) is 25.0 Å². The molecule has 2 N–H and O–H groups in total. The highest BCUT2D eigenvalue weighted by Crippen LogP contribution is 2.36. The van der Waals surface area contributed by atoms with Gasteiger partial charge >= 0.3 is 12.2 Å². The summed E-state index contributed by atoms with van der Waals surface area (Å²) in [6, 6.07) is 6.44. The van der Waals surface area contributed by atoms with Gasteiger partial charge in [-0.1, -0.05) is 6.07 Å². The van der Waals surface area contributed by atoms with Crippen LogP contribution in [0.3, 0.4) is 0 Å². The minimum Gasteiger partial charge on any atom is -0.381 e. The molecule has 0 aliphatic heterocycles. The topological polar surface area (TPSA) is 44.4 Å². The Labute approximate surface area is 142 Å². The Morgan fingerprint density at radius 1 is 1.25 bits per heavy atom. The number of aryl methyl sites for hydroxylation is 1. The summed E-state index contributed by atoms with van der Waals surface area (Å²) >= 11 is 0.683. The van der Waals surface area contributed by atoms with E-state index in [9.17, 15) is 18.0 Å². The van der Waals surface area contributed by atoms with Crippen molar-refractivity contribution in [2.24, 2.45) is 0 Å². The molecule has 0 saturated carbocycles. The first kappa shape index (κ1) is 18.1. The maximum Gasteiger partial charge on any atom is 0.425 e. The van der Waals surface area contributed by atoms with E-state index < -0.39 is 11.1 Å². The van der Waals surface area contributed by atoms with E-state index >= 15 is 0 Å². The van der Waals surface area contributed by atoms with E-state index in [4.69, 9.17) is 0 Å². The molecule has 1 heterocycles. The number of benzene rings is 1. The number of anilines is 2. The number of halogens is 3. The number of nitrogens with zero attached hydrogens (tertiary/aromatic N) is 1. The van der Waals surface area contributed by atoms with Crippen LogP contribution in [0.15, 0.2) is 29.6 Å². The number of rotatable bonds is 4. The number of hydrogen-bond donors (Lipinski definition) is 2. The van der Waals surface area contributed by atoms with E-state index in [1.807, 2.05) is 6.92 Å². The van der Waals surface area contributed by atoms with E-state index in [1.54, 1.807) is 32.3 Å². The summed E-state index contributed by atoms with van der Waals surface area (Å²) in [7, 11) is 3.25. The van der Waals surface area contributed by atoms with Crippen molar-refractivity contribution in [3.63, 3.8) is 0 Å². The molecular formula is C16H18F3N3OS. The zero-order chi connectivity index (χ0) is 17.9. The summed E-state index contributed by atoms with van der Waals surface area (Å²) in [4.78, 5) is 12.5. The fourth-order valence-corrected chi connectivity index (χ4v) is 2.83. The van der Waals surface area contributed by atoms with Gasteiger partial charge in [0.1, 0.15) is 4.88 Å².